The van der Waals surface area contributed by atoms with Crippen LogP contribution in [-0.4, -0.2) is 82.8 Å². The molecule has 4 amide bonds. The van der Waals surface area contributed by atoms with Crippen molar-refractivity contribution in [2.45, 2.75) is 70.8 Å². The third kappa shape index (κ3) is 8.52. The van der Waals surface area contributed by atoms with E-state index in [1.165, 1.54) is 36.1 Å². The molecule has 2 rings (SSSR count). The Labute approximate surface area is 228 Å². The highest BCUT2D eigenvalue weighted by Gasteiger charge is 2.45. The summed E-state index contributed by atoms with van der Waals surface area (Å²) in [4.78, 5) is 74.6. The van der Waals surface area contributed by atoms with Crippen LogP contribution in [0.5, 0.6) is 0 Å². The summed E-state index contributed by atoms with van der Waals surface area (Å²) in [6.07, 6.45) is -5.06. The van der Waals surface area contributed by atoms with Gasteiger partial charge in [0.1, 0.15) is 12.1 Å². The number of carbonyl (C=O) groups is 6. The maximum Gasteiger partial charge on any atom is 0.452 e. The van der Waals surface area contributed by atoms with Crippen LogP contribution in [-0.2, 0) is 19.2 Å². The number of hydrogen-bond donors (Lipinski definition) is 4. The molecule has 11 nitrogen and oxygen atoms in total. The van der Waals surface area contributed by atoms with Gasteiger partial charge in [-0.2, -0.15) is 13.2 Å². The predicted octanol–water partition coefficient (Wildman–Crippen LogP) is 1.66. The zero-order valence-corrected chi connectivity index (χ0v) is 22.3. The number of carboxylic acid groups (broad SMARTS) is 1. The van der Waals surface area contributed by atoms with Gasteiger partial charge in [0, 0.05) is 24.2 Å². The first-order chi connectivity index (χ1) is 18.7. The second kappa shape index (κ2) is 13.9. The Kier molecular flexibility index (Phi) is 11.2. The quantitative estimate of drug-likeness (QED) is 0.297. The summed E-state index contributed by atoms with van der Waals surface area (Å²) < 4.78 is 38.6. The van der Waals surface area contributed by atoms with Gasteiger partial charge in [0.25, 0.3) is 17.6 Å². The van der Waals surface area contributed by atoms with Gasteiger partial charge >= 0.3 is 12.1 Å². The van der Waals surface area contributed by atoms with Gasteiger partial charge in [-0.1, -0.05) is 20.8 Å². The molecular weight excluding hydrogens is 537 g/mol. The van der Waals surface area contributed by atoms with E-state index in [0.29, 0.717) is 6.42 Å². The standard InChI is InChI=1S/C26H33F3N4O7/c1-4-17(21(36)26(27,28)29)31-24(39)18-6-5-13-33(18)25(40)20(14(2)3)32-23(38)16-9-7-15(8-10-16)22(37)30-12-11-19(34)35/h7-10,14,17-18,20H,4-6,11-13H2,1-3H3,(H,30,37)(H,31,39)(H,32,38)(H,34,35)/t17?,18-,20?/m0/s1. The Morgan fingerprint density at radius 2 is 1.57 bits per heavy atom. The van der Waals surface area contributed by atoms with Crippen molar-refractivity contribution in [1.29, 1.82) is 0 Å². The van der Waals surface area contributed by atoms with Crippen molar-refractivity contribution in [3.63, 3.8) is 0 Å². The lowest BCUT2D eigenvalue weighted by Crippen LogP contribution is -2.57. The predicted molar refractivity (Wildman–Crippen MR) is 135 cm³/mol. The largest absolute Gasteiger partial charge is 0.481 e. The van der Waals surface area contributed by atoms with Gasteiger partial charge in [0.15, 0.2) is 0 Å². The number of aliphatic carboxylic acids is 1. The van der Waals surface area contributed by atoms with E-state index in [4.69, 9.17) is 5.11 Å². The number of nitrogens with one attached hydrogen (secondary N) is 3. The van der Waals surface area contributed by atoms with Gasteiger partial charge in [0.2, 0.25) is 11.8 Å². The molecule has 1 aliphatic heterocycles. The SMILES string of the molecule is CCC(NC(=O)[C@@H]1CCCN1C(=O)C(NC(=O)c1ccc(C(=O)NCCC(=O)O)cc1)C(C)C)C(=O)C(F)(F)F. The smallest absolute Gasteiger partial charge is 0.452 e. The molecule has 0 bridgehead atoms. The molecule has 4 N–H and O–H groups in total. The highest BCUT2D eigenvalue weighted by molar-refractivity contribution is 6.00. The lowest BCUT2D eigenvalue weighted by molar-refractivity contribution is -0.174. The summed E-state index contributed by atoms with van der Waals surface area (Å²) >= 11 is 0. The van der Waals surface area contributed by atoms with E-state index in [1.807, 2.05) is 0 Å². The van der Waals surface area contributed by atoms with E-state index in [0.717, 1.165) is 0 Å². The Hall–Kier alpha value is -3.97. The zero-order valence-electron chi connectivity index (χ0n) is 22.3. The Balaban J connectivity index is 2.09. The minimum atomic E-state index is -5.12. The molecule has 220 valence electrons. The van der Waals surface area contributed by atoms with E-state index in [-0.39, 0.29) is 43.5 Å². The maximum absolute atomic E-state index is 13.4. The number of halogens is 3. The number of rotatable bonds is 12. The summed E-state index contributed by atoms with van der Waals surface area (Å²) in [6.45, 7) is 4.75. The number of benzene rings is 1. The summed E-state index contributed by atoms with van der Waals surface area (Å²) in [5.74, 6) is -6.18. The Bertz CT molecular complexity index is 1120. The van der Waals surface area contributed by atoms with Gasteiger partial charge in [-0.3, -0.25) is 28.8 Å². The van der Waals surface area contributed by atoms with Crippen LogP contribution in [0.2, 0.25) is 0 Å². The molecule has 0 saturated carbocycles. The fourth-order valence-corrected chi connectivity index (χ4v) is 4.20. The number of carboxylic acids is 1. The van der Waals surface area contributed by atoms with Crippen LogP contribution in [0.15, 0.2) is 24.3 Å². The van der Waals surface area contributed by atoms with Gasteiger partial charge < -0.3 is 26.0 Å². The number of alkyl halides is 3. The zero-order chi connectivity index (χ0) is 30.2. The normalized spacial score (nSPS) is 16.7. The molecule has 1 heterocycles. The van der Waals surface area contributed by atoms with Gasteiger partial charge in [-0.15, -0.1) is 0 Å². The van der Waals surface area contributed by atoms with Gasteiger partial charge in [-0.05, 0) is 49.4 Å². The third-order valence-corrected chi connectivity index (χ3v) is 6.41. The highest BCUT2D eigenvalue weighted by atomic mass is 19.4. The molecule has 1 aromatic carbocycles. The van der Waals surface area contributed by atoms with Crippen LogP contribution in [0.1, 0.15) is 67.2 Å². The van der Waals surface area contributed by atoms with Gasteiger partial charge in [-0.25, -0.2) is 0 Å². The summed E-state index contributed by atoms with van der Waals surface area (Å²) in [7, 11) is 0. The summed E-state index contributed by atoms with van der Waals surface area (Å²) in [5, 5.41) is 15.8. The van der Waals surface area contributed by atoms with Crippen molar-refractivity contribution in [2.75, 3.05) is 13.1 Å². The van der Waals surface area contributed by atoms with Crippen molar-refractivity contribution in [3.8, 4) is 0 Å². The van der Waals surface area contributed by atoms with E-state index >= 15 is 0 Å². The molecule has 2 unspecified atom stereocenters. The summed E-state index contributed by atoms with van der Waals surface area (Å²) in [5.41, 5.74) is 0.325. The topological polar surface area (TPSA) is 162 Å². The minimum Gasteiger partial charge on any atom is -0.481 e. The van der Waals surface area contributed by atoms with Crippen LogP contribution in [0, 0.1) is 5.92 Å². The average Bonchev–Trinajstić information content (AvgIpc) is 3.38. The molecule has 0 aliphatic carbocycles. The van der Waals surface area contributed by atoms with Crippen LogP contribution >= 0.6 is 0 Å². The molecule has 40 heavy (non-hydrogen) atoms. The molecule has 14 heteroatoms. The van der Waals surface area contributed by atoms with Crippen LogP contribution in [0.25, 0.3) is 0 Å². The second-order valence-electron chi connectivity index (χ2n) is 9.69. The summed E-state index contributed by atoms with van der Waals surface area (Å²) in [6, 6.07) is 1.51. The second-order valence-corrected chi connectivity index (χ2v) is 9.69. The number of amides is 4. The maximum atomic E-state index is 13.4. The number of hydrogen-bond acceptors (Lipinski definition) is 6. The Morgan fingerprint density at radius 1 is 1.00 bits per heavy atom. The number of Topliss-reactive ketones (excluding diaryl/α,β-unsaturated/α-hetero) is 1. The van der Waals surface area contributed by atoms with Crippen LogP contribution in [0.3, 0.4) is 0 Å². The Morgan fingerprint density at radius 3 is 2.08 bits per heavy atom. The van der Waals surface area contributed by atoms with Crippen molar-refractivity contribution >= 4 is 35.4 Å². The molecule has 3 atom stereocenters. The first-order valence-corrected chi connectivity index (χ1v) is 12.8. The molecule has 1 aliphatic rings. The molecule has 0 radical (unpaired) electrons. The molecule has 1 fully saturated rings. The molecule has 1 aromatic rings. The number of carbonyl (C=O) groups excluding carboxylic acids is 5. The fourth-order valence-electron chi connectivity index (χ4n) is 4.20. The van der Waals surface area contributed by atoms with E-state index in [9.17, 15) is 41.9 Å². The first kappa shape index (κ1) is 32.2. The highest BCUT2D eigenvalue weighted by Crippen LogP contribution is 2.23. The lowest BCUT2D eigenvalue weighted by Gasteiger charge is -2.31. The number of likely N-dealkylation sites (tertiary alicyclic amines) is 1. The number of nitrogens with zero attached hydrogens (tertiary/aromatic N) is 1. The van der Waals surface area contributed by atoms with E-state index in [2.05, 4.69) is 16.0 Å². The third-order valence-electron chi connectivity index (χ3n) is 6.41. The molecular formula is C26H33F3N4O7. The van der Waals surface area contributed by atoms with Crippen molar-refractivity contribution in [1.82, 2.24) is 20.9 Å². The number of ketones is 1. The van der Waals surface area contributed by atoms with Crippen molar-refractivity contribution < 1.29 is 47.0 Å². The lowest BCUT2D eigenvalue weighted by atomic mass is 10.0. The van der Waals surface area contributed by atoms with Crippen LogP contribution < -0.4 is 16.0 Å². The van der Waals surface area contributed by atoms with Crippen LogP contribution in [0.4, 0.5) is 13.2 Å². The van der Waals surface area contributed by atoms with Gasteiger partial charge in [0.05, 0.1) is 12.5 Å². The molecule has 0 aromatic heterocycles. The monoisotopic (exact) mass is 570 g/mol. The molecule has 1 saturated heterocycles. The minimum absolute atomic E-state index is 0.0676. The fraction of sp³-hybridized carbons (Fsp3) is 0.538. The first-order valence-electron chi connectivity index (χ1n) is 12.8. The van der Waals surface area contributed by atoms with Crippen molar-refractivity contribution in [3.05, 3.63) is 35.4 Å². The average molecular weight is 571 g/mol. The van der Waals surface area contributed by atoms with E-state index in [1.54, 1.807) is 13.8 Å². The molecule has 0 spiro atoms. The van der Waals surface area contributed by atoms with E-state index < -0.39 is 65.6 Å². The van der Waals surface area contributed by atoms with Crippen molar-refractivity contribution in [2.24, 2.45) is 5.92 Å².